The van der Waals surface area contributed by atoms with Gasteiger partial charge in [-0.1, -0.05) is 44.6 Å². The van der Waals surface area contributed by atoms with Crippen molar-refractivity contribution in [3.05, 3.63) is 36.0 Å². The summed E-state index contributed by atoms with van der Waals surface area (Å²) in [6.45, 7) is 13.6. The van der Waals surface area contributed by atoms with Gasteiger partial charge in [0, 0.05) is 53.8 Å². The second-order valence-corrected chi connectivity index (χ2v) is 14.2. The molecule has 1 saturated carbocycles. The molecule has 0 amide bonds. The van der Waals surface area contributed by atoms with Gasteiger partial charge < -0.3 is 38.6 Å². The van der Waals surface area contributed by atoms with E-state index in [1.165, 1.54) is 14.2 Å². The highest BCUT2D eigenvalue weighted by atomic mass is 16.5. The molecule has 0 saturated heterocycles. The van der Waals surface area contributed by atoms with Crippen LogP contribution in [0.25, 0.3) is 0 Å². The Bertz CT molecular complexity index is 1040. The molecule has 1 fully saturated rings. The smallest absolute Gasteiger partial charge is 0.308 e. The van der Waals surface area contributed by atoms with E-state index in [9.17, 15) is 19.8 Å². The highest BCUT2D eigenvalue weighted by molar-refractivity contribution is 5.83. The average molecular weight is 697 g/mol. The molecule has 10 nitrogen and oxygen atoms in total. The van der Waals surface area contributed by atoms with Crippen LogP contribution in [0.3, 0.4) is 0 Å². The Morgan fingerprint density at radius 2 is 1.43 bits per heavy atom. The first-order valence-corrected chi connectivity index (χ1v) is 17.8. The van der Waals surface area contributed by atoms with Crippen LogP contribution in [0.1, 0.15) is 86.0 Å². The summed E-state index contributed by atoms with van der Waals surface area (Å²) in [4.78, 5) is 25.6. The second-order valence-electron chi connectivity index (χ2n) is 14.2. The Labute approximate surface area is 296 Å². The van der Waals surface area contributed by atoms with Gasteiger partial charge in [0.1, 0.15) is 11.9 Å². The van der Waals surface area contributed by atoms with Gasteiger partial charge in [-0.05, 0) is 76.2 Å². The van der Waals surface area contributed by atoms with Gasteiger partial charge in [-0.2, -0.15) is 0 Å². The van der Waals surface area contributed by atoms with E-state index in [4.69, 9.17) is 28.4 Å². The van der Waals surface area contributed by atoms with Crippen molar-refractivity contribution < 1.29 is 48.2 Å². The average Bonchev–Trinajstić information content (AvgIpc) is 3.09. The number of hydrogen-bond donors (Lipinski definition) is 2. The summed E-state index contributed by atoms with van der Waals surface area (Å²) in [6, 6.07) is 0. The highest BCUT2D eigenvalue weighted by Gasteiger charge is 2.34. The van der Waals surface area contributed by atoms with Crippen molar-refractivity contribution in [1.29, 1.82) is 0 Å². The van der Waals surface area contributed by atoms with Crippen molar-refractivity contribution in [2.24, 2.45) is 29.6 Å². The van der Waals surface area contributed by atoms with E-state index in [0.717, 1.165) is 30.4 Å². The van der Waals surface area contributed by atoms with E-state index in [2.05, 4.69) is 19.6 Å². The fourth-order valence-electron chi connectivity index (χ4n) is 7.27. The van der Waals surface area contributed by atoms with Crippen molar-refractivity contribution in [2.45, 2.75) is 129 Å². The van der Waals surface area contributed by atoms with Crippen LogP contribution >= 0.6 is 0 Å². The molecule has 10 heteroatoms. The van der Waals surface area contributed by atoms with Crippen LogP contribution in [0.4, 0.5) is 0 Å². The van der Waals surface area contributed by atoms with Gasteiger partial charge in [0.15, 0.2) is 0 Å². The van der Waals surface area contributed by atoms with Crippen molar-refractivity contribution in [3.8, 4) is 0 Å². The Morgan fingerprint density at radius 3 is 1.96 bits per heavy atom. The molecule has 0 bridgehead atoms. The number of ether oxygens (including phenoxy) is 6. The summed E-state index contributed by atoms with van der Waals surface area (Å²) >= 11 is 0. The lowest BCUT2D eigenvalue weighted by atomic mass is 9.81. The maximum atomic E-state index is 13.7. The Morgan fingerprint density at radius 1 is 0.837 bits per heavy atom. The van der Waals surface area contributed by atoms with Crippen LogP contribution in [0.5, 0.6) is 0 Å². The number of aliphatic hydroxyl groups excluding tert-OH is 2. The maximum Gasteiger partial charge on any atom is 0.308 e. The lowest BCUT2D eigenvalue weighted by Crippen LogP contribution is -2.42. The number of rotatable bonds is 24. The number of hydrogen-bond acceptors (Lipinski definition) is 10. The number of Topliss-reactive ketones (excluding diaryl/α,β-unsaturated/α-hetero) is 1. The molecule has 2 N–H and O–H groups in total. The standard InChI is InChI=1S/C39H68O10/c1-13-14-30(18-24(2)17-25(3)19-35(47-10)38(42)36(48-11)21-27(5)39(43)49-12)31(40)23-33(45-8)28(6)37(41)26(4)20-29-15-16-32(44-7)34(22-29)46-9/h13,18,20,25,27-30,32-38,41-42H,1,14-17,19,21-23H2,2-12H3. The van der Waals surface area contributed by atoms with Crippen molar-refractivity contribution in [3.63, 3.8) is 0 Å². The molecule has 1 rings (SSSR count). The predicted octanol–water partition coefficient (Wildman–Crippen LogP) is 5.88. The van der Waals surface area contributed by atoms with E-state index < -0.39 is 36.4 Å². The molecule has 1 aliphatic carbocycles. The van der Waals surface area contributed by atoms with Crippen molar-refractivity contribution >= 4 is 11.8 Å². The second kappa shape index (κ2) is 23.5. The fraction of sp³-hybridized carbons (Fsp3) is 0.795. The van der Waals surface area contributed by atoms with Crippen LogP contribution in [0.15, 0.2) is 36.0 Å². The monoisotopic (exact) mass is 696 g/mol. The molecular formula is C39H68O10. The van der Waals surface area contributed by atoms with E-state index in [0.29, 0.717) is 25.7 Å². The van der Waals surface area contributed by atoms with Gasteiger partial charge in [0.2, 0.25) is 0 Å². The molecular weight excluding hydrogens is 628 g/mol. The topological polar surface area (TPSA) is 130 Å². The Kier molecular flexibility index (Phi) is 21.7. The summed E-state index contributed by atoms with van der Waals surface area (Å²) < 4.78 is 33.0. The number of allylic oxidation sites excluding steroid dienone is 4. The molecule has 284 valence electrons. The van der Waals surface area contributed by atoms with Crippen LogP contribution in [-0.4, -0.2) is 107 Å². The molecule has 49 heavy (non-hydrogen) atoms. The molecule has 0 aromatic carbocycles. The van der Waals surface area contributed by atoms with Gasteiger partial charge >= 0.3 is 5.97 Å². The van der Waals surface area contributed by atoms with Gasteiger partial charge in [-0.15, -0.1) is 6.58 Å². The van der Waals surface area contributed by atoms with Crippen molar-refractivity contribution in [2.75, 3.05) is 42.7 Å². The third kappa shape index (κ3) is 14.7. The lowest BCUT2D eigenvalue weighted by molar-refractivity contribution is -0.148. The maximum absolute atomic E-state index is 13.7. The molecule has 1 aliphatic rings. The number of carbonyl (C=O) groups excluding carboxylic acids is 2. The molecule has 0 radical (unpaired) electrons. The van der Waals surface area contributed by atoms with Gasteiger partial charge in [-0.25, -0.2) is 0 Å². The summed E-state index contributed by atoms with van der Waals surface area (Å²) in [6.07, 6.45) is 7.73. The number of aliphatic hydroxyl groups is 2. The van der Waals surface area contributed by atoms with E-state index in [-0.39, 0.29) is 54.1 Å². The van der Waals surface area contributed by atoms with Crippen molar-refractivity contribution in [1.82, 2.24) is 0 Å². The Balaban J connectivity index is 2.91. The lowest BCUT2D eigenvalue weighted by Gasteiger charge is -2.34. The summed E-state index contributed by atoms with van der Waals surface area (Å²) in [7, 11) is 9.43. The van der Waals surface area contributed by atoms with Gasteiger partial charge in [0.05, 0.1) is 49.7 Å². The number of carbonyl (C=O) groups is 2. The first-order chi connectivity index (χ1) is 23.2. The fourth-order valence-corrected chi connectivity index (χ4v) is 7.27. The number of esters is 1. The first kappa shape index (κ1) is 45.1. The van der Waals surface area contributed by atoms with Crippen LogP contribution < -0.4 is 0 Å². The third-order valence-corrected chi connectivity index (χ3v) is 10.3. The molecule has 0 aromatic rings. The minimum absolute atomic E-state index is 0.0252. The van der Waals surface area contributed by atoms with E-state index in [1.54, 1.807) is 41.4 Å². The van der Waals surface area contributed by atoms with Gasteiger partial charge in [-0.3, -0.25) is 9.59 Å². The van der Waals surface area contributed by atoms with Gasteiger partial charge in [0.25, 0.3) is 0 Å². The minimum Gasteiger partial charge on any atom is -0.469 e. The third-order valence-electron chi connectivity index (χ3n) is 10.3. The first-order valence-electron chi connectivity index (χ1n) is 17.8. The number of methoxy groups -OCH3 is 6. The predicted molar refractivity (Wildman–Crippen MR) is 192 cm³/mol. The molecule has 0 heterocycles. The zero-order chi connectivity index (χ0) is 37.3. The molecule has 12 unspecified atom stereocenters. The zero-order valence-electron chi connectivity index (χ0n) is 32.2. The summed E-state index contributed by atoms with van der Waals surface area (Å²) in [5.41, 5.74) is 1.93. The quantitative estimate of drug-likeness (QED) is 0.0933. The molecule has 0 spiro atoms. The Hall–Kier alpha value is -1.92. The van der Waals surface area contributed by atoms with Crippen LogP contribution in [-0.2, 0) is 38.0 Å². The SMILES string of the molecule is C=CCC(C=C(C)CC(C)CC(OC)C(O)C(CC(C)C(=O)OC)OC)C(=O)CC(OC)C(C)C(O)C(C)=CC1CCC(OC)C(OC)C1. The van der Waals surface area contributed by atoms with Crippen LogP contribution in [0, 0.1) is 29.6 Å². The molecule has 0 aromatic heterocycles. The number of ketones is 1. The summed E-state index contributed by atoms with van der Waals surface area (Å²) in [5.74, 6) is -0.994. The molecule has 0 aliphatic heterocycles. The van der Waals surface area contributed by atoms with E-state index >= 15 is 0 Å². The van der Waals surface area contributed by atoms with E-state index in [1.807, 2.05) is 26.8 Å². The molecule has 12 atom stereocenters. The largest absolute Gasteiger partial charge is 0.469 e. The highest BCUT2D eigenvalue weighted by Crippen LogP contribution is 2.32. The van der Waals surface area contributed by atoms with Crippen LogP contribution in [0.2, 0.25) is 0 Å². The zero-order valence-corrected chi connectivity index (χ0v) is 32.2. The minimum atomic E-state index is -0.932. The summed E-state index contributed by atoms with van der Waals surface area (Å²) in [5, 5.41) is 22.4. The normalized spacial score (nSPS) is 24.6.